The number of piperazine rings is 1. The van der Waals surface area contributed by atoms with Crippen LogP contribution in [0.15, 0.2) is 48.5 Å². The van der Waals surface area contributed by atoms with Gasteiger partial charge < -0.3 is 20.4 Å². The van der Waals surface area contributed by atoms with Crippen molar-refractivity contribution in [3.8, 4) is 0 Å². The molecule has 0 radical (unpaired) electrons. The van der Waals surface area contributed by atoms with Gasteiger partial charge in [0.25, 0.3) is 5.91 Å². The number of hydrogen-bond donors (Lipinski definition) is 3. The highest BCUT2D eigenvalue weighted by Gasteiger charge is 2.22. The smallest absolute Gasteiger partial charge is 0.275 e. The molecule has 1 aliphatic heterocycles. The highest BCUT2D eigenvalue weighted by molar-refractivity contribution is 5.95. The first-order chi connectivity index (χ1) is 14.4. The highest BCUT2D eigenvalue weighted by Crippen LogP contribution is 2.15. The van der Waals surface area contributed by atoms with Crippen LogP contribution in [-0.2, 0) is 9.59 Å². The fraction of sp³-hybridized carbons (Fsp3) is 0.318. The number of halogens is 1. The van der Waals surface area contributed by atoms with Gasteiger partial charge in [0, 0.05) is 16.9 Å². The van der Waals surface area contributed by atoms with Crippen molar-refractivity contribution in [2.24, 2.45) is 0 Å². The van der Waals surface area contributed by atoms with Gasteiger partial charge in [0.15, 0.2) is 12.3 Å². The Morgan fingerprint density at radius 3 is 2.20 bits per heavy atom. The summed E-state index contributed by atoms with van der Waals surface area (Å²) in [6.45, 7) is 4.97. The van der Waals surface area contributed by atoms with Crippen LogP contribution in [0.4, 0.5) is 15.8 Å². The van der Waals surface area contributed by atoms with E-state index in [1.54, 1.807) is 6.92 Å². The molecule has 7 nitrogen and oxygen atoms in total. The van der Waals surface area contributed by atoms with Crippen molar-refractivity contribution in [2.45, 2.75) is 6.92 Å². The normalized spacial score (nSPS) is 14.3. The number of rotatable bonds is 7. The van der Waals surface area contributed by atoms with Crippen molar-refractivity contribution in [3.05, 3.63) is 59.9 Å². The summed E-state index contributed by atoms with van der Waals surface area (Å²) in [7, 11) is 0. The summed E-state index contributed by atoms with van der Waals surface area (Å²) in [5.74, 6) is -0.868. The third-order valence-corrected chi connectivity index (χ3v) is 5.09. The first kappa shape index (κ1) is 21.4. The summed E-state index contributed by atoms with van der Waals surface area (Å²) in [5, 5.41) is 5.24. The summed E-state index contributed by atoms with van der Waals surface area (Å²) in [6, 6.07) is 13.0. The molecule has 2 amide bonds. The Morgan fingerprint density at radius 2 is 1.60 bits per heavy atom. The minimum absolute atomic E-state index is 0.0492. The fourth-order valence-corrected chi connectivity index (χ4v) is 3.37. The third-order valence-electron chi connectivity index (χ3n) is 5.09. The average molecular weight is 413 g/mol. The van der Waals surface area contributed by atoms with Crippen LogP contribution in [0, 0.1) is 5.82 Å². The number of Topliss-reactive ketones (excluding diaryl/α,β-unsaturated/α-hetero) is 1. The topological polar surface area (TPSA) is 83.0 Å². The van der Waals surface area contributed by atoms with Crippen molar-refractivity contribution >= 4 is 29.0 Å². The van der Waals surface area contributed by atoms with E-state index >= 15 is 0 Å². The molecule has 1 fully saturated rings. The number of nitrogens with one attached hydrogen (secondary N) is 3. The first-order valence-corrected chi connectivity index (χ1v) is 9.92. The number of hydrogen-bond acceptors (Lipinski definition) is 4. The Bertz CT molecular complexity index is 892. The van der Waals surface area contributed by atoms with Gasteiger partial charge in [0.1, 0.15) is 5.82 Å². The molecule has 0 bridgehead atoms. The molecule has 8 heteroatoms. The van der Waals surface area contributed by atoms with Gasteiger partial charge in [-0.05, 0) is 55.5 Å². The Balaban J connectivity index is 1.38. The second-order valence-corrected chi connectivity index (χ2v) is 7.35. The molecule has 2 aromatic rings. The maximum absolute atomic E-state index is 12.9. The van der Waals surface area contributed by atoms with E-state index < -0.39 is 0 Å². The largest absolute Gasteiger partial charge is 0.360 e. The van der Waals surface area contributed by atoms with Crippen molar-refractivity contribution in [1.29, 1.82) is 0 Å². The lowest BCUT2D eigenvalue weighted by Gasteiger charge is -2.33. The van der Waals surface area contributed by atoms with Crippen LogP contribution in [0.2, 0.25) is 0 Å². The molecule has 1 heterocycles. The molecule has 0 aromatic heterocycles. The predicted octanol–water partition coefficient (Wildman–Crippen LogP) is 0.488. The van der Waals surface area contributed by atoms with E-state index in [1.807, 2.05) is 24.3 Å². The van der Waals surface area contributed by atoms with Crippen LogP contribution >= 0.6 is 0 Å². The van der Waals surface area contributed by atoms with E-state index in [0.717, 1.165) is 36.8 Å². The number of quaternary nitrogens is 1. The van der Waals surface area contributed by atoms with Crippen LogP contribution in [0.3, 0.4) is 0 Å². The molecule has 1 aliphatic rings. The van der Waals surface area contributed by atoms with Crippen LogP contribution in [0.25, 0.3) is 0 Å². The zero-order valence-corrected chi connectivity index (χ0v) is 16.9. The molecular weight excluding hydrogens is 387 g/mol. The maximum atomic E-state index is 12.9. The molecule has 1 saturated heterocycles. The number of benzene rings is 2. The van der Waals surface area contributed by atoms with Crippen molar-refractivity contribution in [1.82, 2.24) is 5.32 Å². The predicted molar refractivity (Wildman–Crippen MR) is 112 cm³/mol. The Morgan fingerprint density at radius 1 is 0.967 bits per heavy atom. The molecule has 30 heavy (non-hydrogen) atoms. The van der Waals surface area contributed by atoms with Gasteiger partial charge in [0.2, 0.25) is 5.91 Å². The van der Waals surface area contributed by atoms with Gasteiger partial charge in [-0.3, -0.25) is 14.4 Å². The maximum Gasteiger partial charge on any atom is 0.275 e. The summed E-state index contributed by atoms with van der Waals surface area (Å²) >= 11 is 0. The molecule has 3 N–H and O–H groups in total. The molecule has 3 rings (SSSR count). The summed E-state index contributed by atoms with van der Waals surface area (Å²) in [5.41, 5.74) is 2.25. The summed E-state index contributed by atoms with van der Waals surface area (Å²) < 4.78 is 12.9. The molecule has 0 unspecified atom stereocenters. The van der Waals surface area contributed by atoms with Crippen molar-refractivity contribution in [3.63, 3.8) is 0 Å². The van der Waals surface area contributed by atoms with E-state index in [0.29, 0.717) is 17.8 Å². The van der Waals surface area contributed by atoms with Crippen molar-refractivity contribution < 1.29 is 23.7 Å². The van der Waals surface area contributed by atoms with Crippen molar-refractivity contribution in [2.75, 3.05) is 49.5 Å². The van der Waals surface area contributed by atoms with Gasteiger partial charge in [-0.1, -0.05) is 0 Å². The Hall–Kier alpha value is -3.26. The molecule has 0 saturated carbocycles. The fourth-order valence-electron chi connectivity index (χ4n) is 3.37. The zero-order valence-electron chi connectivity index (χ0n) is 16.9. The minimum atomic E-state index is -0.377. The lowest BCUT2D eigenvalue weighted by atomic mass is 10.1. The van der Waals surface area contributed by atoms with Gasteiger partial charge >= 0.3 is 0 Å². The molecule has 0 spiro atoms. The standard InChI is InChI=1S/C22H25FN4O3/c1-16(28)17-2-8-20(9-3-17)27-12-10-26(11-13-27)15-22(30)24-14-21(29)25-19-6-4-18(23)5-7-19/h2-9H,10-15H2,1H3,(H,24,30)(H,25,29)/p+1. The number of anilines is 2. The van der Waals surface area contributed by atoms with Crippen LogP contribution in [-0.4, -0.2) is 56.9 Å². The third kappa shape index (κ3) is 6.12. The van der Waals surface area contributed by atoms with Crippen LogP contribution < -0.4 is 20.4 Å². The van der Waals surface area contributed by atoms with Crippen LogP contribution in [0.5, 0.6) is 0 Å². The number of carbonyl (C=O) groups is 3. The number of amides is 2. The van der Waals surface area contributed by atoms with E-state index in [1.165, 1.54) is 24.3 Å². The second kappa shape index (κ2) is 9.98. The number of carbonyl (C=O) groups excluding carboxylic acids is 3. The Kier molecular flexibility index (Phi) is 7.13. The molecule has 2 aromatic carbocycles. The molecular formula is C22H26FN4O3+. The first-order valence-electron chi connectivity index (χ1n) is 9.92. The van der Waals surface area contributed by atoms with E-state index in [-0.39, 0.29) is 30.0 Å². The lowest BCUT2D eigenvalue weighted by Crippen LogP contribution is -3.16. The monoisotopic (exact) mass is 413 g/mol. The minimum Gasteiger partial charge on any atom is -0.360 e. The summed E-state index contributed by atoms with van der Waals surface area (Å²) in [4.78, 5) is 38.8. The van der Waals surface area contributed by atoms with Gasteiger partial charge in [-0.15, -0.1) is 0 Å². The summed E-state index contributed by atoms with van der Waals surface area (Å²) in [6.07, 6.45) is 0. The number of nitrogens with zero attached hydrogens (tertiary/aromatic N) is 1. The molecule has 0 aliphatic carbocycles. The molecule has 0 atom stereocenters. The number of ketones is 1. The van der Waals surface area contributed by atoms with E-state index in [9.17, 15) is 18.8 Å². The molecule has 158 valence electrons. The van der Waals surface area contributed by atoms with Crippen LogP contribution in [0.1, 0.15) is 17.3 Å². The van der Waals surface area contributed by atoms with E-state index in [4.69, 9.17) is 0 Å². The SMILES string of the molecule is CC(=O)c1ccc(N2CC[NH+](CC(=O)NCC(=O)Nc3ccc(F)cc3)CC2)cc1. The zero-order chi connectivity index (χ0) is 21.5. The Labute approximate surface area is 174 Å². The van der Waals surface area contributed by atoms with E-state index in [2.05, 4.69) is 15.5 Å². The van der Waals surface area contributed by atoms with Gasteiger partial charge in [-0.2, -0.15) is 0 Å². The quantitative estimate of drug-likeness (QED) is 0.577. The average Bonchev–Trinajstić information content (AvgIpc) is 2.74. The van der Waals surface area contributed by atoms with Gasteiger partial charge in [-0.25, -0.2) is 4.39 Å². The highest BCUT2D eigenvalue weighted by atomic mass is 19.1. The lowest BCUT2D eigenvalue weighted by molar-refractivity contribution is -0.892. The van der Waals surface area contributed by atoms with Gasteiger partial charge in [0.05, 0.1) is 32.7 Å². The second-order valence-electron chi connectivity index (χ2n) is 7.35.